The predicted molar refractivity (Wildman–Crippen MR) is 244 cm³/mol. The number of aliphatic hydroxyl groups excluding tert-OH is 1. The van der Waals surface area contributed by atoms with Crippen molar-refractivity contribution in [3.63, 3.8) is 0 Å². The lowest BCUT2D eigenvalue weighted by Gasteiger charge is -2.33. The fraction of sp³-hybridized carbons (Fsp3) is 0.143. The van der Waals surface area contributed by atoms with Gasteiger partial charge in [0.2, 0.25) is 0 Å². The topological polar surface area (TPSA) is 66.0 Å². The Labute approximate surface area is 332 Å². The Hall–Kier alpha value is -6.70. The minimum Gasteiger partial charge on any atom is -0.388 e. The first-order valence-corrected chi connectivity index (χ1v) is 18.9. The Bertz CT molecular complexity index is 2170. The van der Waals surface area contributed by atoms with Crippen LogP contribution >= 0.6 is 0 Å². The summed E-state index contributed by atoms with van der Waals surface area (Å²) in [4.78, 5) is 6.30. The van der Waals surface area contributed by atoms with Crippen molar-refractivity contribution in [3.05, 3.63) is 179 Å². The second-order valence-corrected chi connectivity index (χ2v) is 13.7. The van der Waals surface area contributed by atoms with Gasteiger partial charge in [-0.1, -0.05) is 109 Å². The summed E-state index contributed by atoms with van der Waals surface area (Å²) in [5, 5.41) is 20.6. The molecule has 0 bridgehead atoms. The Morgan fingerprint density at radius 3 is 1.04 bits per heavy atom. The number of aliphatic hydroxyl groups is 1. The number of hydrogen-bond acceptors (Lipinski definition) is 7. The molecule has 0 aliphatic rings. The van der Waals surface area contributed by atoms with Crippen molar-refractivity contribution in [2.45, 2.75) is 0 Å². The van der Waals surface area contributed by atoms with E-state index in [2.05, 4.69) is 208 Å². The molecule has 7 heteroatoms. The lowest BCUT2D eigenvalue weighted by molar-refractivity contribution is 0.290. The van der Waals surface area contributed by atoms with Gasteiger partial charge in [0.25, 0.3) is 0 Å². The second-order valence-electron chi connectivity index (χ2n) is 13.7. The van der Waals surface area contributed by atoms with Crippen molar-refractivity contribution in [2.75, 3.05) is 78.9 Å². The first-order chi connectivity index (χ1) is 27.4. The Morgan fingerprint density at radius 2 is 0.714 bits per heavy atom. The third kappa shape index (κ3) is 11.2. The number of hydrogen-bond donors (Lipinski definition) is 4. The van der Waals surface area contributed by atoms with E-state index in [1.165, 1.54) is 5.69 Å². The number of rotatable bonds is 17. The van der Waals surface area contributed by atoms with E-state index in [0.29, 0.717) is 13.3 Å². The monoisotopic (exact) mass is 740 g/mol. The predicted octanol–water partition coefficient (Wildman–Crippen LogP) is 10.6. The molecule has 6 aromatic rings. The summed E-state index contributed by atoms with van der Waals surface area (Å²) in [5.41, 5.74) is 13.1. The van der Waals surface area contributed by atoms with Crippen LogP contribution in [0, 0.1) is 0 Å². The maximum absolute atomic E-state index is 10.6. The number of nitrogens with one attached hydrogen (secondary N) is 3. The first kappa shape index (κ1) is 39.0. The van der Waals surface area contributed by atoms with E-state index in [1.54, 1.807) is 0 Å². The average Bonchev–Trinajstić information content (AvgIpc) is 3.25. The molecule has 0 aromatic heterocycles. The van der Waals surface area contributed by atoms with Gasteiger partial charge in [-0.05, 0) is 106 Å². The van der Waals surface area contributed by atoms with E-state index in [-0.39, 0.29) is 6.73 Å². The van der Waals surface area contributed by atoms with E-state index in [1.807, 2.05) is 33.1 Å². The molecule has 0 unspecified atom stereocenters. The van der Waals surface area contributed by atoms with Gasteiger partial charge in [0.05, 0.1) is 13.3 Å². The standard InChI is InChI=1S/C49H52N6O/c1-50-44-23-11-38(12-24-44)5-6-40-15-27-46(28-16-40)52-35-54(48-31-19-42(20-32-48)10-9-41-17-29-47(30-18-41)53(3)4)36-55(37-56)49-33-21-43(22-34-49)8-7-39-13-25-45(51-2)26-14-39/h5-34,50-52,56H,35-37H2,1-4H3/b6-5+,8-7+,10-9+. The highest BCUT2D eigenvalue weighted by Gasteiger charge is 2.13. The summed E-state index contributed by atoms with van der Waals surface area (Å²) in [7, 11) is 7.94. The highest BCUT2D eigenvalue weighted by Crippen LogP contribution is 2.23. The van der Waals surface area contributed by atoms with Crippen molar-refractivity contribution < 1.29 is 5.11 Å². The molecule has 0 radical (unpaired) electrons. The summed E-state index contributed by atoms with van der Waals surface area (Å²) in [5.74, 6) is 0. The quantitative estimate of drug-likeness (QED) is 0.0548. The molecule has 0 atom stereocenters. The number of anilines is 6. The summed E-state index contributed by atoms with van der Waals surface area (Å²) in [6.07, 6.45) is 12.7. The van der Waals surface area contributed by atoms with Crippen LogP contribution in [0.2, 0.25) is 0 Å². The summed E-state index contributed by atoms with van der Waals surface area (Å²) >= 11 is 0. The average molecular weight is 741 g/mol. The molecule has 0 heterocycles. The SMILES string of the molecule is CNc1ccc(/C=C/c2ccc(NCN(CN(CO)c3ccc(/C=C/c4ccc(NC)cc4)cc3)c3ccc(/C=C/c4ccc(N(C)C)cc4)cc3)cc2)cc1. The van der Waals surface area contributed by atoms with E-state index >= 15 is 0 Å². The van der Waals surface area contributed by atoms with Crippen molar-refractivity contribution in [1.82, 2.24) is 0 Å². The molecule has 0 aliphatic heterocycles. The molecule has 0 aliphatic carbocycles. The van der Waals surface area contributed by atoms with Gasteiger partial charge in [0.15, 0.2) is 0 Å². The Balaban J connectivity index is 1.16. The summed E-state index contributed by atoms with van der Waals surface area (Å²) in [6.45, 7) is 0.872. The smallest absolute Gasteiger partial charge is 0.117 e. The minimum atomic E-state index is -0.129. The fourth-order valence-corrected chi connectivity index (χ4v) is 6.11. The Morgan fingerprint density at radius 1 is 0.411 bits per heavy atom. The highest BCUT2D eigenvalue weighted by atomic mass is 16.3. The van der Waals surface area contributed by atoms with E-state index in [9.17, 15) is 5.11 Å². The normalized spacial score (nSPS) is 11.3. The van der Waals surface area contributed by atoms with Crippen LogP contribution in [0.25, 0.3) is 36.5 Å². The van der Waals surface area contributed by atoms with E-state index in [4.69, 9.17) is 0 Å². The molecule has 4 N–H and O–H groups in total. The van der Waals surface area contributed by atoms with Crippen LogP contribution in [0.15, 0.2) is 146 Å². The molecule has 0 saturated heterocycles. The zero-order valence-electron chi connectivity index (χ0n) is 32.7. The van der Waals surface area contributed by atoms with Crippen LogP contribution < -0.4 is 30.7 Å². The Kier molecular flexibility index (Phi) is 13.6. The van der Waals surface area contributed by atoms with E-state index < -0.39 is 0 Å². The fourth-order valence-electron chi connectivity index (χ4n) is 6.11. The number of nitrogens with zero attached hydrogens (tertiary/aromatic N) is 3. The maximum atomic E-state index is 10.6. The van der Waals surface area contributed by atoms with Crippen LogP contribution in [0.5, 0.6) is 0 Å². The van der Waals surface area contributed by atoms with Gasteiger partial charge < -0.3 is 35.8 Å². The molecule has 56 heavy (non-hydrogen) atoms. The van der Waals surface area contributed by atoms with Crippen molar-refractivity contribution in [1.29, 1.82) is 0 Å². The highest BCUT2D eigenvalue weighted by molar-refractivity contribution is 5.74. The van der Waals surface area contributed by atoms with Crippen molar-refractivity contribution in [2.24, 2.45) is 0 Å². The van der Waals surface area contributed by atoms with Gasteiger partial charge in [0.1, 0.15) is 6.73 Å². The first-order valence-electron chi connectivity index (χ1n) is 18.9. The molecule has 6 rings (SSSR count). The van der Waals surface area contributed by atoms with Gasteiger partial charge in [0, 0.05) is 62.3 Å². The third-order valence-corrected chi connectivity index (χ3v) is 9.63. The van der Waals surface area contributed by atoms with Gasteiger partial charge in [-0.25, -0.2) is 0 Å². The lowest BCUT2D eigenvalue weighted by atomic mass is 10.1. The minimum absolute atomic E-state index is 0.129. The lowest BCUT2D eigenvalue weighted by Crippen LogP contribution is -2.41. The largest absolute Gasteiger partial charge is 0.388 e. The van der Waals surface area contributed by atoms with Gasteiger partial charge in [-0.2, -0.15) is 0 Å². The second kappa shape index (κ2) is 19.6. The van der Waals surface area contributed by atoms with Crippen LogP contribution in [-0.4, -0.2) is 53.4 Å². The molecule has 0 amide bonds. The molecule has 0 fully saturated rings. The van der Waals surface area contributed by atoms with Gasteiger partial charge in [-0.15, -0.1) is 0 Å². The zero-order chi connectivity index (χ0) is 39.1. The van der Waals surface area contributed by atoms with Crippen LogP contribution in [0.4, 0.5) is 34.1 Å². The van der Waals surface area contributed by atoms with Gasteiger partial charge >= 0.3 is 0 Å². The molecular weight excluding hydrogens is 689 g/mol. The summed E-state index contributed by atoms with van der Waals surface area (Å²) in [6, 6.07) is 50.5. The third-order valence-electron chi connectivity index (χ3n) is 9.63. The molecule has 0 spiro atoms. The van der Waals surface area contributed by atoms with Crippen LogP contribution in [0.1, 0.15) is 33.4 Å². The van der Waals surface area contributed by atoms with Crippen LogP contribution in [-0.2, 0) is 0 Å². The number of benzene rings is 6. The molecule has 0 saturated carbocycles. The molecule has 7 nitrogen and oxygen atoms in total. The van der Waals surface area contributed by atoms with Gasteiger partial charge in [-0.3, -0.25) is 0 Å². The maximum Gasteiger partial charge on any atom is 0.117 e. The molecule has 284 valence electrons. The van der Waals surface area contributed by atoms with E-state index in [0.717, 1.165) is 61.8 Å². The summed E-state index contributed by atoms with van der Waals surface area (Å²) < 4.78 is 0. The van der Waals surface area contributed by atoms with Crippen molar-refractivity contribution in [3.8, 4) is 0 Å². The molecular formula is C49H52N6O. The van der Waals surface area contributed by atoms with Crippen LogP contribution in [0.3, 0.4) is 0 Å². The molecule has 6 aromatic carbocycles. The zero-order valence-corrected chi connectivity index (χ0v) is 32.7. The van der Waals surface area contributed by atoms with Crippen molar-refractivity contribution >= 4 is 70.6 Å².